The molecule has 3 aromatic rings. The van der Waals surface area contributed by atoms with E-state index in [1.807, 2.05) is 36.4 Å². The number of halogens is 1. The van der Waals surface area contributed by atoms with Gasteiger partial charge in [-0.25, -0.2) is 0 Å². The molecule has 7 heteroatoms. The normalized spacial score (nSPS) is 10.5. The number of fused-ring (bicyclic) bond motifs is 1. The molecule has 0 unspecified atom stereocenters. The van der Waals surface area contributed by atoms with Crippen LogP contribution in [0.4, 0.5) is 0 Å². The number of benzene rings is 3. The van der Waals surface area contributed by atoms with Crippen LogP contribution in [-0.2, 0) is 4.79 Å². The van der Waals surface area contributed by atoms with E-state index in [-0.39, 0.29) is 24.2 Å². The van der Waals surface area contributed by atoms with E-state index in [9.17, 15) is 14.7 Å². The molecule has 0 heterocycles. The van der Waals surface area contributed by atoms with Gasteiger partial charge in [0.2, 0.25) is 0 Å². The summed E-state index contributed by atoms with van der Waals surface area (Å²) in [6, 6.07) is 17.8. The molecule has 2 amide bonds. The zero-order valence-corrected chi connectivity index (χ0v) is 17.2. The van der Waals surface area contributed by atoms with Crippen LogP contribution in [0, 0.1) is 0 Å². The highest BCUT2D eigenvalue weighted by molar-refractivity contribution is 9.10. The van der Waals surface area contributed by atoms with Crippen molar-refractivity contribution in [3.8, 4) is 11.5 Å². The molecule has 0 spiro atoms. The highest BCUT2D eigenvalue weighted by Crippen LogP contribution is 2.32. The van der Waals surface area contributed by atoms with Gasteiger partial charge in [-0.05, 0) is 57.4 Å². The molecule has 0 fully saturated rings. The van der Waals surface area contributed by atoms with Crippen LogP contribution in [0.5, 0.6) is 11.5 Å². The van der Waals surface area contributed by atoms with Gasteiger partial charge in [0.1, 0.15) is 11.5 Å². The van der Waals surface area contributed by atoms with Crippen LogP contribution in [0.1, 0.15) is 16.8 Å². The van der Waals surface area contributed by atoms with Crippen LogP contribution >= 0.6 is 15.9 Å². The average Bonchev–Trinajstić information content (AvgIpc) is 2.73. The summed E-state index contributed by atoms with van der Waals surface area (Å²) < 4.78 is 6.44. The molecule has 0 radical (unpaired) electrons. The first kappa shape index (κ1) is 20.7. The Morgan fingerprint density at radius 3 is 2.59 bits per heavy atom. The van der Waals surface area contributed by atoms with Gasteiger partial charge in [-0.15, -0.1) is 0 Å². The number of carbonyl (C=O) groups excluding carboxylic acids is 2. The zero-order chi connectivity index (χ0) is 20.6. The molecule has 6 nitrogen and oxygen atoms in total. The van der Waals surface area contributed by atoms with Gasteiger partial charge >= 0.3 is 0 Å². The van der Waals surface area contributed by atoms with Gasteiger partial charge in [-0.2, -0.15) is 0 Å². The Labute approximate surface area is 177 Å². The van der Waals surface area contributed by atoms with E-state index in [0.717, 1.165) is 15.2 Å². The number of aromatic hydroxyl groups is 1. The van der Waals surface area contributed by atoms with Crippen LogP contribution in [0.2, 0.25) is 0 Å². The Morgan fingerprint density at radius 1 is 0.966 bits per heavy atom. The molecule has 0 aromatic heterocycles. The molecule has 150 valence electrons. The number of hydrogen-bond acceptors (Lipinski definition) is 4. The Morgan fingerprint density at radius 2 is 1.76 bits per heavy atom. The third kappa shape index (κ3) is 5.71. The maximum absolute atomic E-state index is 12.0. The number of ether oxygens (including phenoxy) is 1. The van der Waals surface area contributed by atoms with Crippen molar-refractivity contribution in [2.24, 2.45) is 0 Å². The summed E-state index contributed by atoms with van der Waals surface area (Å²) in [7, 11) is 0. The molecule has 0 aliphatic rings. The molecule has 0 aliphatic carbocycles. The summed E-state index contributed by atoms with van der Waals surface area (Å²) in [6.07, 6.45) is 0.579. The first-order valence-corrected chi connectivity index (χ1v) is 9.98. The fourth-order valence-electron chi connectivity index (χ4n) is 2.79. The zero-order valence-electron chi connectivity index (χ0n) is 15.7. The van der Waals surface area contributed by atoms with Crippen molar-refractivity contribution in [3.05, 3.63) is 70.7 Å². The number of rotatable bonds is 8. The fourth-order valence-corrected chi connectivity index (χ4v) is 3.39. The quantitative estimate of drug-likeness (QED) is 0.451. The predicted octanol–water partition coefficient (Wildman–Crippen LogP) is 3.62. The van der Waals surface area contributed by atoms with Crippen molar-refractivity contribution >= 4 is 38.5 Å². The Balaban J connectivity index is 1.37. The van der Waals surface area contributed by atoms with Crippen molar-refractivity contribution in [1.29, 1.82) is 0 Å². The van der Waals surface area contributed by atoms with Crippen LogP contribution in [0.3, 0.4) is 0 Å². The molecule has 0 saturated heterocycles. The van der Waals surface area contributed by atoms with Gasteiger partial charge in [0.05, 0.1) is 4.47 Å². The van der Waals surface area contributed by atoms with Crippen molar-refractivity contribution in [2.75, 3.05) is 19.7 Å². The Bertz CT molecular complexity index is 1020. The van der Waals surface area contributed by atoms with E-state index in [4.69, 9.17) is 4.74 Å². The standard InChI is InChI=1S/C22H21BrN2O4/c23-21-18-8-2-1-5-15(18)9-10-19(21)29-14-20(27)24-11-4-12-25-22(28)16-6-3-7-17(26)13-16/h1-3,5-10,13,26H,4,11-12,14H2,(H,24,27)(H,25,28). The second-order valence-corrected chi connectivity index (χ2v) is 7.19. The smallest absolute Gasteiger partial charge is 0.257 e. The van der Waals surface area contributed by atoms with Crippen LogP contribution < -0.4 is 15.4 Å². The highest BCUT2D eigenvalue weighted by Gasteiger charge is 2.09. The second-order valence-electron chi connectivity index (χ2n) is 6.40. The molecule has 29 heavy (non-hydrogen) atoms. The van der Waals surface area contributed by atoms with E-state index >= 15 is 0 Å². The van der Waals surface area contributed by atoms with Crippen LogP contribution in [-0.4, -0.2) is 36.6 Å². The summed E-state index contributed by atoms with van der Waals surface area (Å²) in [5.41, 5.74) is 0.392. The van der Waals surface area contributed by atoms with Crippen molar-refractivity contribution in [1.82, 2.24) is 10.6 Å². The summed E-state index contributed by atoms with van der Waals surface area (Å²) in [4.78, 5) is 23.9. The Kier molecular flexibility index (Phi) is 7.08. The van der Waals surface area contributed by atoms with Gasteiger partial charge < -0.3 is 20.5 Å². The van der Waals surface area contributed by atoms with E-state index < -0.39 is 0 Å². The van der Waals surface area contributed by atoms with Crippen LogP contribution in [0.25, 0.3) is 10.8 Å². The van der Waals surface area contributed by atoms with Crippen LogP contribution in [0.15, 0.2) is 65.1 Å². The number of carbonyl (C=O) groups is 2. The monoisotopic (exact) mass is 456 g/mol. The van der Waals surface area contributed by atoms with E-state index in [0.29, 0.717) is 30.8 Å². The molecule has 0 atom stereocenters. The maximum Gasteiger partial charge on any atom is 0.257 e. The number of phenolic OH excluding ortho intramolecular Hbond substituents is 1. The molecule has 3 aromatic carbocycles. The molecular formula is C22H21BrN2O4. The van der Waals surface area contributed by atoms with E-state index in [2.05, 4.69) is 26.6 Å². The lowest BCUT2D eigenvalue weighted by Gasteiger charge is -2.11. The minimum atomic E-state index is -0.267. The number of nitrogens with one attached hydrogen (secondary N) is 2. The summed E-state index contributed by atoms with van der Waals surface area (Å²) >= 11 is 3.53. The predicted molar refractivity (Wildman–Crippen MR) is 115 cm³/mol. The molecule has 0 saturated carbocycles. The van der Waals surface area contributed by atoms with Gasteiger partial charge in [0, 0.05) is 18.7 Å². The lowest BCUT2D eigenvalue weighted by molar-refractivity contribution is -0.123. The third-order valence-electron chi connectivity index (χ3n) is 4.26. The summed E-state index contributed by atoms with van der Waals surface area (Å²) in [6.45, 7) is 0.736. The lowest BCUT2D eigenvalue weighted by atomic mass is 10.1. The largest absolute Gasteiger partial charge is 0.508 e. The fraction of sp³-hybridized carbons (Fsp3) is 0.182. The minimum absolute atomic E-state index is 0.0444. The van der Waals surface area contributed by atoms with Crippen molar-refractivity contribution in [3.63, 3.8) is 0 Å². The van der Waals surface area contributed by atoms with Gasteiger partial charge in [-0.1, -0.05) is 36.4 Å². The second kappa shape index (κ2) is 9.93. The molecular weight excluding hydrogens is 436 g/mol. The first-order chi connectivity index (χ1) is 14.0. The van der Waals surface area contributed by atoms with Gasteiger partial charge in [0.15, 0.2) is 6.61 Å². The minimum Gasteiger partial charge on any atom is -0.508 e. The van der Waals surface area contributed by atoms with Crippen molar-refractivity contribution < 1.29 is 19.4 Å². The average molecular weight is 457 g/mol. The lowest BCUT2D eigenvalue weighted by Crippen LogP contribution is -2.32. The molecule has 3 N–H and O–H groups in total. The topological polar surface area (TPSA) is 87.7 Å². The summed E-state index contributed by atoms with van der Waals surface area (Å²) in [5, 5.41) is 17.0. The van der Waals surface area contributed by atoms with Crippen molar-refractivity contribution in [2.45, 2.75) is 6.42 Å². The molecule has 0 aliphatic heterocycles. The van der Waals surface area contributed by atoms with Gasteiger partial charge in [0.25, 0.3) is 11.8 Å². The molecule has 0 bridgehead atoms. The number of phenols is 1. The SMILES string of the molecule is O=C(COc1ccc2ccccc2c1Br)NCCCNC(=O)c1cccc(O)c1. The summed E-state index contributed by atoms with van der Waals surface area (Å²) in [5.74, 6) is 0.154. The maximum atomic E-state index is 12.0. The number of amides is 2. The first-order valence-electron chi connectivity index (χ1n) is 9.18. The highest BCUT2D eigenvalue weighted by atomic mass is 79.9. The molecule has 3 rings (SSSR count). The van der Waals surface area contributed by atoms with Gasteiger partial charge in [-0.3, -0.25) is 9.59 Å². The van der Waals surface area contributed by atoms with E-state index in [1.54, 1.807) is 12.1 Å². The Hall–Kier alpha value is -3.06. The third-order valence-corrected chi connectivity index (χ3v) is 5.07. The van der Waals surface area contributed by atoms with E-state index in [1.165, 1.54) is 12.1 Å². The number of hydrogen-bond donors (Lipinski definition) is 3.